The molecular weight excluding hydrogens is 399 g/mol. The molecule has 1 heterocycles. The lowest BCUT2D eigenvalue weighted by Gasteiger charge is -2.08. The summed E-state index contributed by atoms with van der Waals surface area (Å²) in [6.45, 7) is 1.65. The Morgan fingerprint density at radius 1 is 1.29 bits per heavy atom. The van der Waals surface area contributed by atoms with Crippen LogP contribution in [0.4, 0.5) is 10.1 Å². The number of hydrogen-bond donors (Lipinski definition) is 1. The van der Waals surface area contributed by atoms with Crippen LogP contribution in [0.2, 0.25) is 5.02 Å². The molecular formula is C17H11BrClFN2O2. The number of aromatic nitrogens is 1. The summed E-state index contributed by atoms with van der Waals surface area (Å²) in [5.41, 5.74) is 1.76. The highest BCUT2D eigenvalue weighted by Crippen LogP contribution is 2.29. The van der Waals surface area contributed by atoms with Gasteiger partial charge in [0, 0.05) is 10.0 Å². The quantitative estimate of drug-likeness (QED) is 0.625. The fourth-order valence-electron chi connectivity index (χ4n) is 2.25. The van der Waals surface area contributed by atoms with E-state index in [0.29, 0.717) is 22.7 Å². The lowest BCUT2D eigenvalue weighted by atomic mass is 10.1. The molecule has 0 saturated heterocycles. The van der Waals surface area contributed by atoms with Gasteiger partial charge in [0.1, 0.15) is 22.8 Å². The van der Waals surface area contributed by atoms with Gasteiger partial charge in [0.05, 0.1) is 10.7 Å². The molecule has 4 nitrogen and oxygen atoms in total. The van der Waals surface area contributed by atoms with Gasteiger partial charge in [-0.3, -0.25) is 4.79 Å². The highest BCUT2D eigenvalue weighted by Gasteiger charge is 2.22. The molecule has 3 aromatic rings. The average molecular weight is 410 g/mol. The van der Waals surface area contributed by atoms with Gasteiger partial charge < -0.3 is 9.84 Å². The Labute approximate surface area is 150 Å². The minimum atomic E-state index is -0.478. The van der Waals surface area contributed by atoms with E-state index in [1.54, 1.807) is 6.92 Å². The summed E-state index contributed by atoms with van der Waals surface area (Å²) in [5, 5.41) is 6.75. The Hall–Kier alpha value is -2.18. The van der Waals surface area contributed by atoms with Crippen LogP contribution < -0.4 is 5.32 Å². The fourth-order valence-corrected chi connectivity index (χ4v) is 2.86. The molecule has 0 bridgehead atoms. The molecule has 0 spiro atoms. The lowest BCUT2D eigenvalue weighted by molar-refractivity contribution is 0.102. The molecule has 0 fully saturated rings. The van der Waals surface area contributed by atoms with Crippen molar-refractivity contribution < 1.29 is 13.7 Å². The maximum Gasteiger partial charge on any atom is 0.261 e. The normalized spacial score (nSPS) is 10.7. The van der Waals surface area contributed by atoms with Crippen LogP contribution >= 0.6 is 27.5 Å². The molecule has 1 aromatic heterocycles. The third-order valence-corrected chi connectivity index (χ3v) is 4.17. The van der Waals surface area contributed by atoms with Crippen LogP contribution in [0.25, 0.3) is 11.3 Å². The number of rotatable bonds is 3. The van der Waals surface area contributed by atoms with Crippen molar-refractivity contribution in [3.63, 3.8) is 0 Å². The minimum absolute atomic E-state index is 0.112. The number of amides is 1. The van der Waals surface area contributed by atoms with Crippen LogP contribution in [0.1, 0.15) is 16.1 Å². The molecule has 7 heteroatoms. The first-order valence-electron chi connectivity index (χ1n) is 6.94. The van der Waals surface area contributed by atoms with E-state index in [1.807, 2.05) is 24.3 Å². The van der Waals surface area contributed by atoms with E-state index < -0.39 is 11.7 Å². The third kappa shape index (κ3) is 3.34. The van der Waals surface area contributed by atoms with Crippen LogP contribution in [0.15, 0.2) is 51.5 Å². The maximum absolute atomic E-state index is 13.1. The second-order valence-corrected chi connectivity index (χ2v) is 6.37. The molecule has 0 saturated carbocycles. The molecule has 24 heavy (non-hydrogen) atoms. The van der Waals surface area contributed by atoms with E-state index in [2.05, 4.69) is 26.4 Å². The number of carbonyl (C=O) groups is 1. The minimum Gasteiger partial charge on any atom is -0.360 e. The van der Waals surface area contributed by atoms with Crippen LogP contribution in [-0.2, 0) is 0 Å². The summed E-state index contributed by atoms with van der Waals surface area (Å²) in [7, 11) is 0. The monoisotopic (exact) mass is 408 g/mol. The number of aryl methyl sites for hydroxylation is 1. The predicted octanol–water partition coefficient (Wildman–Crippen LogP) is 5.46. The molecule has 0 aliphatic rings. The average Bonchev–Trinajstić information content (AvgIpc) is 2.92. The van der Waals surface area contributed by atoms with Crippen LogP contribution in [0.5, 0.6) is 0 Å². The Morgan fingerprint density at radius 2 is 2.08 bits per heavy atom. The van der Waals surface area contributed by atoms with Gasteiger partial charge >= 0.3 is 0 Å². The summed E-state index contributed by atoms with van der Waals surface area (Å²) in [6.07, 6.45) is 0. The van der Waals surface area contributed by atoms with Crippen molar-refractivity contribution in [3.8, 4) is 11.3 Å². The van der Waals surface area contributed by atoms with Gasteiger partial charge in [0.2, 0.25) is 0 Å². The molecule has 0 radical (unpaired) electrons. The van der Waals surface area contributed by atoms with Crippen molar-refractivity contribution in [2.75, 3.05) is 5.32 Å². The highest BCUT2D eigenvalue weighted by atomic mass is 79.9. The van der Waals surface area contributed by atoms with E-state index >= 15 is 0 Å². The SMILES string of the molecule is Cc1onc(-c2cccc(Br)c2)c1C(=O)Nc1ccc(F)cc1Cl. The summed E-state index contributed by atoms with van der Waals surface area (Å²) in [4.78, 5) is 12.6. The van der Waals surface area contributed by atoms with Crippen molar-refractivity contribution in [1.29, 1.82) is 0 Å². The van der Waals surface area contributed by atoms with Crippen LogP contribution in [0.3, 0.4) is 0 Å². The molecule has 3 rings (SSSR count). The molecule has 2 aromatic carbocycles. The fraction of sp³-hybridized carbons (Fsp3) is 0.0588. The van der Waals surface area contributed by atoms with Crippen molar-refractivity contribution in [3.05, 3.63) is 69.1 Å². The van der Waals surface area contributed by atoms with Crippen LogP contribution in [-0.4, -0.2) is 11.1 Å². The van der Waals surface area contributed by atoms with Gasteiger partial charge in [-0.15, -0.1) is 0 Å². The first-order valence-corrected chi connectivity index (χ1v) is 8.11. The number of nitrogens with one attached hydrogen (secondary N) is 1. The molecule has 122 valence electrons. The maximum atomic E-state index is 13.1. The highest BCUT2D eigenvalue weighted by molar-refractivity contribution is 9.10. The Bertz CT molecular complexity index is 927. The van der Waals surface area contributed by atoms with Gasteiger partial charge in [0.15, 0.2) is 0 Å². The van der Waals surface area contributed by atoms with Gasteiger partial charge in [-0.1, -0.05) is 44.8 Å². The third-order valence-electron chi connectivity index (χ3n) is 3.37. The number of anilines is 1. The van der Waals surface area contributed by atoms with Crippen molar-refractivity contribution in [2.45, 2.75) is 6.92 Å². The van der Waals surface area contributed by atoms with Gasteiger partial charge in [-0.25, -0.2) is 4.39 Å². The largest absolute Gasteiger partial charge is 0.360 e. The van der Waals surface area contributed by atoms with E-state index in [0.717, 1.165) is 16.1 Å². The first kappa shape index (κ1) is 16.7. The Kier molecular flexibility index (Phi) is 4.69. The molecule has 1 amide bonds. The summed E-state index contributed by atoms with van der Waals surface area (Å²) >= 11 is 9.34. The van der Waals surface area contributed by atoms with Gasteiger partial charge in [-0.2, -0.15) is 0 Å². The summed E-state index contributed by atoms with van der Waals surface area (Å²) in [6, 6.07) is 11.1. The second kappa shape index (κ2) is 6.75. The number of carbonyl (C=O) groups excluding carboxylic acids is 1. The molecule has 0 aliphatic carbocycles. The van der Waals surface area contributed by atoms with Crippen molar-refractivity contribution in [1.82, 2.24) is 5.16 Å². The number of benzene rings is 2. The zero-order valence-corrected chi connectivity index (χ0v) is 14.8. The van der Waals surface area contributed by atoms with Crippen LogP contribution in [0, 0.1) is 12.7 Å². The first-order chi connectivity index (χ1) is 11.5. The van der Waals surface area contributed by atoms with E-state index in [-0.39, 0.29) is 5.02 Å². The lowest BCUT2D eigenvalue weighted by Crippen LogP contribution is -2.14. The molecule has 1 N–H and O–H groups in total. The van der Waals surface area contributed by atoms with Gasteiger partial charge in [-0.05, 0) is 37.3 Å². The summed E-state index contributed by atoms with van der Waals surface area (Å²) < 4.78 is 19.2. The second-order valence-electron chi connectivity index (χ2n) is 5.05. The van der Waals surface area contributed by atoms with E-state index in [4.69, 9.17) is 16.1 Å². The zero-order chi connectivity index (χ0) is 17.3. The van der Waals surface area contributed by atoms with E-state index in [9.17, 15) is 9.18 Å². The zero-order valence-electron chi connectivity index (χ0n) is 12.4. The number of halogens is 3. The van der Waals surface area contributed by atoms with E-state index in [1.165, 1.54) is 12.1 Å². The van der Waals surface area contributed by atoms with Crippen molar-refractivity contribution >= 4 is 39.1 Å². The molecule has 0 aliphatic heterocycles. The Morgan fingerprint density at radius 3 is 2.79 bits per heavy atom. The molecule has 0 atom stereocenters. The topological polar surface area (TPSA) is 55.1 Å². The standard InChI is InChI=1S/C17H11BrClFN2O2/c1-9-15(16(22-24-9)10-3-2-4-11(18)7-10)17(23)21-14-6-5-12(20)8-13(14)19/h2-8H,1H3,(H,21,23). The number of hydrogen-bond acceptors (Lipinski definition) is 3. The molecule has 0 unspecified atom stereocenters. The Balaban J connectivity index is 1.97. The predicted molar refractivity (Wildman–Crippen MR) is 93.7 cm³/mol. The smallest absolute Gasteiger partial charge is 0.261 e. The van der Waals surface area contributed by atoms with Gasteiger partial charge in [0.25, 0.3) is 5.91 Å². The van der Waals surface area contributed by atoms with Crippen molar-refractivity contribution in [2.24, 2.45) is 0 Å². The number of nitrogens with zero attached hydrogens (tertiary/aromatic N) is 1. The summed E-state index contributed by atoms with van der Waals surface area (Å²) in [5.74, 6) is -0.535.